The van der Waals surface area contributed by atoms with E-state index in [-0.39, 0.29) is 11.5 Å². The van der Waals surface area contributed by atoms with Crippen LogP contribution in [0.1, 0.15) is 21.6 Å². The van der Waals surface area contributed by atoms with Crippen molar-refractivity contribution in [1.29, 1.82) is 0 Å². The van der Waals surface area contributed by atoms with Crippen molar-refractivity contribution in [3.05, 3.63) is 76.0 Å². The first kappa shape index (κ1) is 16.7. The standard InChI is InChI=1S/C19H20N4O2/c1-13-9-15(11-22(3)19(13)25)17-21-16(18(24)20-2)12-23(17)10-14-7-5-4-6-8-14/h4-9,11-12H,10H2,1-3H3,(H,20,24). The van der Waals surface area contributed by atoms with Crippen molar-refractivity contribution in [3.63, 3.8) is 0 Å². The molecule has 6 heteroatoms. The fraction of sp³-hybridized carbons (Fsp3) is 0.211. The quantitative estimate of drug-likeness (QED) is 0.792. The molecule has 1 N–H and O–H groups in total. The molecule has 0 radical (unpaired) electrons. The summed E-state index contributed by atoms with van der Waals surface area (Å²) in [6.07, 6.45) is 3.48. The molecule has 0 fully saturated rings. The second-order valence-corrected chi connectivity index (χ2v) is 5.97. The number of benzene rings is 1. The topological polar surface area (TPSA) is 68.9 Å². The van der Waals surface area contributed by atoms with Crippen LogP contribution in [0.5, 0.6) is 0 Å². The number of imidazole rings is 1. The Morgan fingerprint density at radius 3 is 2.56 bits per heavy atom. The van der Waals surface area contributed by atoms with E-state index in [1.807, 2.05) is 34.9 Å². The molecule has 0 bridgehead atoms. The first-order valence-electron chi connectivity index (χ1n) is 8.00. The molecule has 0 aliphatic heterocycles. The van der Waals surface area contributed by atoms with E-state index in [2.05, 4.69) is 10.3 Å². The van der Waals surface area contributed by atoms with Gasteiger partial charge in [0, 0.05) is 44.2 Å². The number of nitrogens with zero attached hydrogens (tertiary/aromatic N) is 3. The van der Waals surface area contributed by atoms with Gasteiger partial charge in [-0.25, -0.2) is 4.98 Å². The molecule has 3 aromatic rings. The van der Waals surface area contributed by atoms with E-state index >= 15 is 0 Å². The minimum absolute atomic E-state index is 0.0450. The van der Waals surface area contributed by atoms with Gasteiger partial charge in [0.15, 0.2) is 0 Å². The molecule has 0 spiro atoms. The second kappa shape index (κ2) is 6.76. The van der Waals surface area contributed by atoms with Crippen molar-refractivity contribution in [2.24, 2.45) is 7.05 Å². The zero-order valence-electron chi connectivity index (χ0n) is 14.5. The summed E-state index contributed by atoms with van der Waals surface area (Å²) in [5.41, 5.74) is 2.84. The van der Waals surface area contributed by atoms with Gasteiger partial charge in [-0.15, -0.1) is 0 Å². The summed E-state index contributed by atoms with van der Waals surface area (Å²) in [4.78, 5) is 28.5. The number of carbonyl (C=O) groups is 1. The zero-order chi connectivity index (χ0) is 18.0. The Morgan fingerprint density at radius 1 is 1.20 bits per heavy atom. The largest absolute Gasteiger partial charge is 0.354 e. The maximum absolute atomic E-state index is 12.0. The molecule has 0 saturated heterocycles. The molecule has 0 unspecified atom stereocenters. The number of carbonyl (C=O) groups excluding carboxylic acids is 1. The third kappa shape index (κ3) is 3.38. The highest BCUT2D eigenvalue weighted by molar-refractivity contribution is 5.92. The van der Waals surface area contributed by atoms with E-state index in [1.165, 1.54) is 4.57 Å². The lowest BCUT2D eigenvalue weighted by Crippen LogP contribution is -2.19. The first-order chi connectivity index (χ1) is 12.0. The van der Waals surface area contributed by atoms with Crippen molar-refractivity contribution in [2.45, 2.75) is 13.5 Å². The van der Waals surface area contributed by atoms with Crippen molar-refractivity contribution < 1.29 is 4.79 Å². The van der Waals surface area contributed by atoms with Crippen LogP contribution < -0.4 is 10.9 Å². The van der Waals surface area contributed by atoms with Gasteiger partial charge in [-0.05, 0) is 18.6 Å². The van der Waals surface area contributed by atoms with Crippen LogP contribution in [-0.4, -0.2) is 27.1 Å². The van der Waals surface area contributed by atoms with Gasteiger partial charge in [-0.1, -0.05) is 30.3 Å². The highest BCUT2D eigenvalue weighted by Crippen LogP contribution is 2.20. The minimum Gasteiger partial charge on any atom is -0.354 e. The van der Waals surface area contributed by atoms with Gasteiger partial charge in [0.1, 0.15) is 11.5 Å². The maximum atomic E-state index is 12.0. The predicted molar refractivity (Wildman–Crippen MR) is 96.6 cm³/mol. The highest BCUT2D eigenvalue weighted by Gasteiger charge is 2.16. The van der Waals surface area contributed by atoms with Crippen LogP contribution >= 0.6 is 0 Å². The molecule has 0 atom stereocenters. The molecule has 6 nitrogen and oxygen atoms in total. The summed E-state index contributed by atoms with van der Waals surface area (Å²) in [5, 5.41) is 2.60. The summed E-state index contributed by atoms with van der Waals surface area (Å²) in [6.45, 7) is 2.36. The molecular formula is C19H20N4O2. The number of pyridine rings is 1. The first-order valence-corrected chi connectivity index (χ1v) is 8.00. The van der Waals surface area contributed by atoms with Crippen LogP contribution in [0.4, 0.5) is 0 Å². The molecule has 2 aromatic heterocycles. The van der Waals surface area contributed by atoms with Crippen molar-refractivity contribution in [2.75, 3.05) is 7.05 Å². The van der Waals surface area contributed by atoms with Gasteiger partial charge in [0.25, 0.3) is 11.5 Å². The Bertz CT molecular complexity index is 945. The Morgan fingerprint density at radius 2 is 1.92 bits per heavy atom. The van der Waals surface area contributed by atoms with Crippen molar-refractivity contribution >= 4 is 5.91 Å². The summed E-state index contributed by atoms with van der Waals surface area (Å²) in [7, 11) is 3.29. The van der Waals surface area contributed by atoms with Gasteiger partial charge >= 0.3 is 0 Å². The SMILES string of the molecule is CNC(=O)c1cn(Cc2ccccc2)c(-c2cc(C)c(=O)n(C)c2)n1. The Kier molecular flexibility index (Phi) is 4.52. The number of hydrogen-bond acceptors (Lipinski definition) is 3. The van der Waals surface area contributed by atoms with Crippen LogP contribution in [-0.2, 0) is 13.6 Å². The third-order valence-corrected chi connectivity index (χ3v) is 4.05. The Labute approximate surface area is 145 Å². The fourth-order valence-corrected chi connectivity index (χ4v) is 2.78. The lowest BCUT2D eigenvalue weighted by Gasteiger charge is -2.10. The second-order valence-electron chi connectivity index (χ2n) is 5.97. The monoisotopic (exact) mass is 336 g/mol. The van der Waals surface area contributed by atoms with Crippen molar-refractivity contribution in [3.8, 4) is 11.4 Å². The van der Waals surface area contributed by atoms with Crippen LogP contribution in [0.2, 0.25) is 0 Å². The average molecular weight is 336 g/mol. The zero-order valence-corrected chi connectivity index (χ0v) is 14.5. The van der Waals surface area contributed by atoms with Gasteiger partial charge in [0.05, 0.1) is 0 Å². The molecule has 1 amide bonds. The number of aromatic nitrogens is 3. The lowest BCUT2D eigenvalue weighted by atomic mass is 10.2. The third-order valence-electron chi connectivity index (χ3n) is 4.05. The molecule has 0 aliphatic rings. The fourth-order valence-electron chi connectivity index (χ4n) is 2.78. The number of nitrogens with one attached hydrogen (secondary N) is 1. The number of hydrogen-bond donors (Lipinski definition) is 1. The van der Waals surface area contributed by atoms with E-state index in [9.17, 15) is 9.59 Å². The molecular weight excluding hydrogens is 316 g/mol. The predicted octanol–water partition coefficient (Wildman–Crippen LogP) is 1.97. The van der Waals surface area contributed by atoms with E-state index in [0.717, 1.165) is 11.1 Å². The van der Waals surface area contributed by atoms with Crippen LogP contribution in [0, 0.1) is 6.92 Å². The molecule has 0 aliphatic carbocycles. The molecule has 25 heavy (non-hydrogen) atoms. The lowest BCUT2D eigenvalue weighted by molar-refractivity contribution is 0.0958. The summed E-state index contributed by atoms with van der Waals surface area (Å²) in [6, 6.07) is 11.8. The summed E-state index contributed by atoms with van der Waals surface area (Å²) < 4.78 is 3.46. The van der Waals surface area contributed by atoms with E-state index in [0.29, 0.717) is 23.6 Å². The van der Waals surface area contributed by atoms with Gasteiger partial charge in [-0.2, -0.15) is 0 Å². The van der Waals surface area contributed by atoms with Crippen molar-refractivity contribution in [1.82, 2.24) is 19.4 Å². The van der Waals surface area contributed by atoms with Crippen LogP contribution in [0.25, 0.3) is 11.4 Å². The average Bonchev–Trinajstić information content (AvgIpc) is 3.03. The molecule has 0 saturated carbocycles. The van der Waals surface area contributed by atoms with Gasteiger partial charge in [0.2, 0.25) is 0 Å². The molecule has 3 rings (SSSR count). The maximum Gasteiger partial charge on any atom is 0.271 e. The summed E-state index contributed by atoms with van der Waals surface area (Å²) in [5.74, 6) is 0.413. The number of aryl methyl sites for hydroxylation is 2. The Balaban J connectivity index is 2.12. The number of amides is 1. The van der Waals surface area contributed by atoms with E-state index in [1.54, 1.807) is 39.5 Å². The number of rotatable bonds is 4. The smallest absolute Gasteiger partial charge is 0.271 e. The molecule has 2 heterocycles. The normalized spacial score (nSPS) is 10.7. The van der Waals surface area contributed by atoms with E-state index in [4.69, 9.17) is 0 Å². The molecule has 128 valence electrons. The molecule has 1 aromatic carbocycles. The van der Waals surface area contributed by atoms with Crippen LogP contribution in [0.15, 0.2) is 53.6 Å². The van der Waals surface area contributed by atoms with Gasteiger partial charge in [-0.3, -0.25) is 9.59 Å². The van der Waals surface area contributed by atoms with E-state index < -0.39 is 0 Å². The van der Waals surface area contributed by atoms with Crippen LogP contribution in [0.3, 0.4) is 0 Å². The summed E-state index contributed by atoms with van der Waals surface area (Å²) >= 11 is 0. The highest BCUT2D eigenvalue weighted by atomic mass is 16.1. The Hall–Kier alpha value is -3.15. The van der Waals surface area contributed by atoms with Gasteiger partial charge < -0.3 is 14.5 Å². The minimum atomic E-state index is -0.241.